The van der Waals surface area contributed by atoms with Crippen LogP contribution in [0.2, 0.25) is 0 Å². The molecule has 1 aliphatic rings. The van der Waals surface area contributed by atoms with Gasteiger partial charge in [0.2, 0.25) is 5.91 Å². The predicted octanol–water partition coefficient (Wildman–Crippen LogP) is 1.88. The van der Waals surface area contributed by atoms with Gasteiger partial charge in [0.1, 0.15) is 10.9 Å². The second-order valence-corrected chi connectivity index (χ2v) is 8.08. The molecule has 120 valence electrons. The van der Waals surface area contributed by atoms with Crippen LogP contribution in [0.25, 0.3) is 0 Å². The van der Waals surface area contributed by atoms with Crippen molar-refractivity contribution in [2.45, 2.75) is 32.4 Å². The Bertz CT molecular complexity index is 606. The number of carboxylic acids is 1. The molecular weight excluding hydrogens is 324 g/mol. The highest BCUT2D eigenvalue weighted by Gasteiger charge is 2.36. The number of thioether (sulfide) groups is 1. The van der Waals surface area contributed by atoms with Crippen molar-refractivity contribution in [3.8, 4) is 0 Å². The zero-order chi connectivity index (χ0) is 16.5. The predicted molar refractivity (Wildman–Crippen MR) is 86.5 cm³/mol. The van der Waals surface area contributed by atoms with Gasteiger partial charge in [0.25, 0.3) is 5.91 Å². The third-order valence-corrected chi connectivity index (χ3v) is 5.05. The van der Waals surface area contributed by atoms with Gasteiger partial charge in [-0.15, -0.1) is 23.1 Å². The summed E-state index contributed by atoms with van der Waals surface area (Å²) in [6.07, 6.45) is 0. The Morgan fingerprint density at radius 2 is 1.91 bits per heavy atom. The summed E-state index contributed by atoms with van der Waals surface area (Å²) in [5, 5.41) is 11.8. The van der Waals surface area contributed by atoms with E-state index >= 15 is 0 Å². The number of nitrogens with zero attached hydrogens (tertiary/aromatic N) is 1. The molecule has 0 radical (unpaired) electrons. The van der Waals surface area contributed by atoms with E-state index in [1.807, 2.05) is 20.8 Å². The summed E-state index contributed by atoms with van der Waals surface area (Å²) in [5.41, 5.74) is -0.363. The fourth-order valence-corrected chi connectivity index (χ4v) is 3.98. The van der Waals surface area contributed by atoms with E-state index in [9.17, 15) is 14.4 Å². The van der Waals surface area contributed by atoms with Gasteiger partial charge in [0.05, 0.1) is 10.8 Å². The van der Waals surface area contributed by atoms with Crippen LogP contribution in [0, 0.1) is 0 Å². The first kappa shape index (κ1) is 16.8. The molecule has 0 aromatic carbocycles. The van der Waals surface area contributed by atoms with Gasteiger partial charge in [0, 0.05) is 11.3 Å². The molecule has 6 nitrogen and oxygen atoms in total. The summed E-state index contributed by atoms with van der Waals surface area (Å²) in [4.78, 5) is 37.7. The van der Waals surface area contributed by atoms with Crippen LogP contribution in [0.4, 0.5) is 0 Å². The summed E-state index contributed by atoms with van der Waals surface area (Å²) in [7, 11) is 0. The van der Waals surface area contributed by atoms with Gasteiger partial charge in [-0.2, -0.15) is 0 Å². The monoisotopic (exact) mass is 342 g/mol. The standard InChI is InChI=1S/C14H18N2O4S2/c1-14(2,3)15-11(17)8-6-21-7-16(8)12(18)9-4-5-10(22-9)13(19)20/h4-5,8H,6-7H2,1-3H3,(H,15,17)(H,19,20). The molecule has 1 atom stereocenters. The second kappa shape index (κ2) is 6.29. The number of carbonyl (C=O) groups excluding carboxylic acids is 2. The zero-order valence-electron chi connectivity index (χ0n) is 12.6. The number of rotatable bonds is 3. The molecule has 2 rings (SSSR count). The minimum atomic E-state index is -1.05. The molecule has 1 unspecified atom stereocenters. The van der Waals surface area contributed by atoms with Crippen LogP contribution in [0.5, 0.6) is 0 Å². The van der Waals surface area contributed by atoms with Crippen molar-refractivity contribution >= 4 is 40.9 Å². The van der Waals surface area contributed by atoms with Gasteiger partial charge in [-0.1, -0.05) is 0 Å². The van der Waals surface area contributed by atoms with E-state index in [1.54, 1.807) is 0 Å². The Kier molecular flexibility index (Phi) is 4.81. The number of carboxylic acid groups (broad SMARTS) is 1. The van der Waals surface area contributed by atoms with Crippen LogP contribution < -0.4 is 5.32 Å². The molecular formula is C14H18N2O4S2. The van der Waals surface area contributed by atoms with E-state index in [-0.39, 0.29) is 22.2 Å². The van der Waals surface area contributed by atoms with E-state index in [0.717, 1.165) is 11.3 Å². The van der Waals surface area contributed by atoms with Gasteiger partial charge < -0.3 is 15.3 Å². The topological polar surface area (TPSA) is 86.7 Å². The fourth-order valence-electron chi connectivity index (χ4n) is 2.02. The van der Waals surface area contributed by atoms with E-state index in [4.69, 9.17) is 5.11 Å². The maximum Gasteiger partial charge on any atom is 0.345 e. The summed E-state index contributed by atoms with van der Waals surface area (Å²) in [6, 6.07) is 2.39. The molecule has 1 aromatic rings. The maximum absolute atomic E-state index is 12.5. The molecule has 0 bridgehead atoms. The minimum absolute atomic E-state index is 0.117. The lowest BCUT2D eigenvalue weighted by molar-refractivity contribution is -0.125. The van der Waals surface area contributed by atoms with E-state index in [1.165, 1.54) is 28.8 Å². The van der Waals surface area contributed by atoms with Crippen LogP contribution in [0.3, 0.4) is 0 Å². The van der Waals surface area contributed by atoms with Gasteiger partial charge in [-0.05, 0) is 32.9 Å². The van der Waals surface area contributed by atoms with Crippen molar-refractivity contribution in [1.29, 1.82) is 0 Å². The third-order valence-electron chi connectivity index (χ3n) is 2.97. The molecule has 0 spiro atoms. The van der Waals surface area contributed by atoms with Crippen molar-refractivity contribution in [3.63, 3.8) is 0 Å². The van der Waals surface area contributed by atoms with Gasteiger partial charge >= 0.3 is 5.97 Å². The number of nitrogens with one attached hydrogen (secondary N) is 1. The first-order valence-corrected chi connectivity index (χ1v) is 8.70. The van der Waals surface area contributed by atoms with Crippen molar-refractivity contribution < 1.29 is 19.5 Å². The van der Waals surface area contributed by atoms with E-state index in [0.29, 0.717) is 16.5 Å². The number of hydrogen-bond acceptors (Lipinski definition) is 5. The highest BCUT2D eigenvalue weighted by atomic mass is 32.2. The van der Waals surface area contributed by atoms with Crippen molar-refractivity contribution in [2.75, 3.05) is 11.6 Å². The summed E-state index contributed by atoms with van der Waals surface area (Å²) >= 11 is 2.44. The SMILES string of the molecule is CC(C)(C)NC(=O)C1CSCN1C(=O)c1ccc(C(=O)O)s1. The first-order valence-electron chi connectivity index (χ1n) is 6.73. The van der Waals surface area contributed by atoms with Crippen molar-refractivity contribution in [2.24, 2.45) is 0 Å². The quantitative estimate of drug-likeness (QED) is 0.876. The Morgan fingerprint density at radius 1 is 1.27 bits per heavy atom. The largest absolute Gasteiger partial charge is 0.477 e. The minimum Gasteiger partial charge on any atom is -0.477 e. The molecule has 2 amide bonds. The van der Waals surface area contributed by atoms with E-state index < -0.39 is 12.0 Å². The lowest BCUT2D eigenvalue weighted by Crippen LogP contribution is -2.52. The Labute approximate surface area is 136 Å². The van der Waals surface area contributed by atoms with Crippen LogP contribution in [0.1, 0.15) is 40.1 Å². The summed E-state index contributed by atoms with van der Waals surface area (Å²) in [6.45, 7) is 5.66. The van der Waals surface area contributed by atoms with Crippen LogP contribution in [-0.2, 0) is 4.79 Å². The van der Waals surface area contributed by atoms with Crippen LogP contribution >= 0.6 is 23.1 Å². The first-order chi connectivity index (χ1) is 10.2. The van der Waals surface area contributed by atoms with Crippen LogP contribution in [-0.4, -0.2) is 51.0 Å². The zero-order valence-corrected chi connectivity index (χ0v) is 14.2. The average Bonchev–Trinajstić information content (AvgIpc) is 3.05. The van der Waals surface area contributed by atoms with Crippen LogP contribution in [0.15, 0.2) is 12.1 Å². The van der Waals surface area contributed by atoms with Gasteiger partial charge in [-0.25, -0.2) is 4.79 Å². The average molecular weight is 342 g/mol. The van der Waals surface area contributed by atoms with Crippen molar-refractivity contribution in [1.82, 2.24) is 10.2 Å². The molecule has 0 saturated carbocycles. The van der Waals surface area contributed by atoms with E-state index in [2.05, 4.69) is 5.32 Å². The molecule has 2 heterocycles. The molecule has 22 heavy (non-hydrogen) atoms. The van der Waals surface area contributed by atoms with Gasteiger partial charge in [0.15, 0.2) is 0 Å². The third kappa shape index (κ3) is 3.80. The maximum atomic E-state index is 12.5. The highest BCUT2D eigenvalue weighted by Crippen LogP contribution is 2.26. The molecule has 0 aliphatic carbocycles. The molecule has 2 N–H and O–H groups in total. The molecule has 1 aromatic heterocycles. The number of aromatic carboxylic acids is 1. The normalized spacial score (nSPS) is 18.3. The Morgan fingerprint density at radius 3 is 2.45 bits per heavy atom. The lowest BCUT2D eigenvalue weighted by Gasteiger charge is -2.27. The number of amides is 2. The molecule has 1 saturated heterocycles. The summed E-state index contributed by atoms with van der Waals surface area (Å²) < 4.78 is 0. The smallest absolute Gasteiger partial charge is 0.345 e. The number of hydrogen-bond donors (Lipinski definition) is 2. The van der Waals surface area contributed by atoms with Gasteiger partial charge in [-0.3, -0.25) is 9.59 Å². The lowest BCUT2D eigenvalue weighted by atomic mass is 10.1. The Balaban J connectivity index is 2.14. The highest BCUT2D eigenvalue weighted by molar-refractivity contribution is 7.99. The fraction of sp³-hybridized carbons (Fsp3) is 0.500. The molecule has 1 aliphatic heterocycles. The molecule has 1 fully saturated rings. The second-order valence-electron chi connectivity index (χ2n) is 6.00. The molecule has 8 heteroatoms. The number of carbonyl (C=O) groups is 3. The Hall–Kier alpha value is -1.54. The number of thiophene rings is 1. The summed E-state index contributed by atoms with van der Waals surface area (Å²) in [5.74, 6) is -0.550. The van der Waals surface area contributed by atoms with Crippen molar-refractivity contribution in [3.05, 3.63) is 21.9 Å².